The number of nitrogens with one attached hydrogen (secondary N) is 1. The second-order valence-corrected chi connectivity index (χ2v) is 7.54. The molecule has 3 rings (SSSR count). The van der Waals surface area contributed by atoms with Gasteiger partial charge in [0.1, 0.15) is 0 Å². The van der Waals surface area contributed by atoms with Gasteiger partial charge in [-0.05, 0) is 49.5 Å². The second kappa shape index (κ2) is 8.37. The quantitative estimate of drug-likeness (QED) is 0.862. The molecular weight excluding hydrogens is 314 g/mol. The fourth-order valence-corrected chi connectivity index (χ4v) is 4.26. The highest BCUT2D eigenvalue weighted by molar-refractivity contribution is 5.75. The molecule has 0 spiro atoms. The first-order valence-corrected chi connectivity index (χ1v) is 9.49. The van der Waals surface area contributed by atoms with E-state index < -0.39 is 0 Å². The summed E-state index contributed by atoms with van der Waals surface area (Å²) in [7, 11) is 0. The highest BCUT2D eigenvalue weighted by Gasteiger charge is 2.31. The number of likely N-dealkylation sites (tertiary alicyclic amines) is 1. The average molecular weight is 343 g/mol. The molecule has 5 nitrogen and oxygen atoms in total. The fourth-order valence-electron chi connectivity index (χ4n) is 4.26. The fraction of sp³-hybridized carbons (Fsp3) is 0.600. The summed E-state index contributed by atoms with van der Waals surface area (Å²) in [6.07, 6.45) is 6.65. The van der Waals surface area contributed by atoms with E-state index >= 15 is 0 Å². The molecule has 1 aromatic rings. The number of piperidine rings is 1. The Balaban J connectivity index is 1.48. The highest BCUT2D eigenvalue weighted by atomic mass is 16.2. The summed E-state index contributed by atoms with van der Waals surface area (Å²) < 4.78 is 0. The molecule has 1 aromatic carbocycles. The summed E-state index contributed by atoms with van der Waals surface area (Å²) >= 11 is 0. The number of rotatable bonds is 5. The number of urea groups is 1. The zero-order valence-corrected chi connectivity index (χ0v) is 14.8. The van der Waals surface area contributed by atoms with Crippen molar-refractivity contribution >= 4 is 11.9 Å². The largest absolute Gasteiger partial charge is 0.370 e. The van der Waals surface area contributed by atoms with Gasteiger partial charge in [-0.2, -0.15) is 0 Å². The molecule has 1 saturated carbocycles. The number of nitrogens with zero attached hydrogens (tertiary/aromatic N) is 1. The molecule has 5 heteroatoms. The van der Waals surface area contributed by atoms with Crippen molar-refractivity contribution in [2.45, 2.75) is 51.0 Å². The summed E-state index contributed by atoms with van der Waals surface area (Å²) in [5.41, 5.74) is 6.62. The van der Waals surface area contributed by atoms with Gasteiger partial charge >= 0.3 is 6.03 Å². The lowest BCUT2D eigenvalue weighted by Gasteiger charge is -2.33. The van der Waals surface area contributed by atoms with Gasteiger partial charge in [0.25, 0.3) is 0 Å². The molecule has 0 radical (unpaired) electrons. The first-order chi connectivity index (χ1) is 12.1. The minimum absolute atomic E-state index is 0.0579. The maximum Gasteiger partial charge on any atom is 0.317 e. The monoisotopic (exact) mass is 343 g/mol. The highest BCUT2D eigenvalue weighted by Crippen LogP contribution is 2.29. The maximum atomic E-state index is 12.6. The van der Waals surface area contributed by atoms with Gasteiger partial charge in [-0.3, -0.25) is 4.79 Å². The van der Waals surface area contributed by atoms with Crippen molar-refractivity contribution in [1.82, 2.24) is 10.2 Å². The third-order valence-corrected chi connectivity index (χ3v) is 5.70. The third kappa shape index (κ3) is 4.97. The third-order valence-electron chi connectivity index (χ3n) is 5.70. The van der Waals surface area contributed by atoms with Crippen LogP contribution < -0.4 is 11.1 Å². The van der Waals surface area contributed by atoms with Crippen molar-refractivity contribution in [2.75, 3.05) is 13.1 Å². The SMILES string of the molecule is NC(=O)CC1CCN(C(=O)N[C@H]2CCC[C@H]2Cc2ccccc2)CC1. The summed E-state index contributed by atoms with van der Waals surface area (Å²) in [6, 6.07) is 10.9. The van der Waals surface area contributed by atoms with Crippen molar-refractivity contribution in [2.24, 2.45) is 17.6 Å². The molecule has 3 N–H and O–H groups in total. The van der Waals surface area contributed by atoms with E-state index in [1.807, 2.05) is 11.0 Å². The van der Waals surface area contributed by atoms with Crippen LogP contribution in [0.5, 0.6) is 0 Å². The normalized spacial score (nSPS) is 24.2. The van der Waals surface area contributed by atoms with E-state index in [0.717, 1.165) is 38.8 Å². The average Bonchev–Trinajstić information content (AvgIpc) is 3.02. The molecule has 1 aliphatic carbocycles. The van der Waals surface area contributed by atoms with Crippen molar-refractivity contribution in [3.63, 3.8) is 0 Å². The topological polar surface area (TPSA) is 75.4 Å². The molecule has 0 unspecified atom stereocenters. The van der Waals surface area contributed by atoms with E-state index in [9.17, 15) is 9.59 Å². The Hall–Kier alpha value is -2.04. The van der Waals surface area contributed by atoms with Crippen LogP contribution in [0.4, 0.5) is 4.79 Å². The van der Waals surface area contributed by atoms with E-state index in [2.05, 4.69) is 29.6 Å². The standard InChI is InChI=1S/C20H29N3O2/c21-19(24)14-16-9-11-23(12-10-16)20(25)22-18-8-4-7-17(18)13-15-5-2-1-3-6-15/h1-3,5-6,16-18H,4,7-14H2,(H2,21,24)(H,22,25)/t17-,18-/m0/s1. The van der Waals surface area contributed by atoms with Crippen molar-refractivity contribution in [3.05, 3.63) is 35.9 Å². The zero-order valence-electron chi connectivity index (χ0n) is 14.8. The Morgan fingerprint density at radius 2 is 1.80 bits per heavy atom. The molecule has 2 atom stereocenters. The molecule has 3 amide bonds. The van der Waals surface area contributed by atoms with Crippen molar-refractivity contribution in [3.8, 4) is 0 Å². The number of hydrogen-bond acceptors (Lipinski definition) is 2. The van der Waals surface area contributed by atoms with Crippen LogP contribution in [0, 0.1) is 11.8 Å². The molecule has 136 valence electrons. The number of nitrogens with two attached hydrogens (primary N) is 1. The second-order valence-electron chi connectivity index (χ2n) is 7.54. The van der Waals surface area contributed by atoms with E-state index in [0.29, 0.717) is 18.3 Å². The van der Waals surface area contributed by atoms with E-state index in [4.69, 9.17) is 5.73 Å². The van der Waals surface area contributed by atoms with Crippen LogP contribution in [0.2, 0.25) is 0 Å². The lowest BCUT2D eigenvalue weighted by atomic mass is 9.93. The number of hydrogen-bond donors (Lipinski definition) is 2. The molecule has 1 aliphatic heterocycles. The summed E-state index contributed by atoms with van der Waals surface area (Å²) in [5.74, 6) is 0.621. The van der Waals surface area contributed by atoms with Gasteiger partial charge in [0.2, 0.25) is 5.91 Å². The van der Waals surface area contributed by atoms with Crippen LogP contribution >= 0.6 is 0 Å². The molecule has 25 heavy (non-hydrogen) atoms. The first-order valence-electron chi connectivity index (χ1n) is 9.49. The van der Waals surface area contributed by atoms with Crippen LogP contribution in [0.3, 0.4) is 0 Å². The van der Waals surface area contributed by atoms with E-state index in [-0.39, 0.29) is 18.0 Å². The zero-order chi connectivity index (χ0) is 17.6. The smallest absolute Gasteiger partial charge is 0.317 e. The Morgan fingerprint density at radius 1 is 1.08 bits per heavy atom. The Bertz CT molecular complexity index is 582. The number of primary amides is 1. The van der Waals surface area contributed by atoms with Gasteiger partial charge < -0.3 is 16.0 Å². The molecule has 0 bridgehead atoms. The van der Waals surface area contributed by atoms with Gasteiger partial charge in [0.15, 0.2) is 0 Å². The minimum atomic E-state index is -0.238. The summed E-state index contributed by atoms with van der Waals surface area (Å²) in [5, 5.41) is 3.27. The maximum absolute atomic E-state index is 12.6. The van der Waals surface area contributed by atoms with Crippen LogP contribution in [-0.2, 0) is 11.2 Å². The predicted molar refractivity (Wildman–Crippen MR) is 97.9 cm³/mol. The molecule has 0 aromatic heterocycles. The molecule has 2 aliphatic rings. The summed E-state index contributed by atoms with van der Waals surface area (Å²) in [6.45, 7) is 1.44. The molecule has 1 heterocycles. The Kier molecular flexibility index (Phi) is 5.95. The van der Waals surface area contributed by atoms with Gasteiger partial charge in [-0.25, -0.2) is 4.79 Å². The number of carbonyl (C=O) groups is 2. The van der Waals surface area contributed by atoms with Gasteiger partial charge in [-0.1, -0.05) is 36.8 Å². The lowest BCUT2D eigenvalue weighted by molar-refractivity contribution is -0.119. The van der Waals surface area contributed by atoms with Crippen molar-refractivity contribution in [1.29, 1.82) is 0 Å². The molecule has 2 fully saturated rings. The number of benzene rings is 1. The van der Waals surface area contributed by atoms with Gasteiger partial charge in [0.05, 0.1) is 0 Å². The van der Waals surface area contributed by atoms with Gasteiger partial charge in [0, 0.05) is 25.6 Å². The van der Waals surface area contributed by atoms with Gasteiger partial charge in [-0.15, -0.1) is 0 Å². The number of amides is 3. The minimum Gasteiger partial charge on any atom is -0.370 e. The van der Waals surface area contributed by atoms with Crippen LogP contribution in [0.1, 0.15) is 44.1 Å². The first kappa shape index (κ1) is 17.8. The van der Waals surface area contributed by atoms with Crippen LogP contribution in [-0.4, -0.2) is 36.0 Å². The molecular formula is C20H29N3O2. The summed E-state index contributed by atoms with van der Waals surface area (Å²) in [4.78, 5) is 25.5. The lowest BCUT2D eigenvalue weighted by Crippen LogP contribution is -2.49. The van der Waals surface area contributed by atoms with Crippen LogP contribution in [0.25, 0.3) is 0 Å². The van der Waals surface area contributed by atoms with Crippen LogP contribution in [0.15, 0.2) is 30.3 Å². The number of carbonyl (C=O) groups excluding carboxylic acids is 2. The van der Waals surface area contributed by atoms with E-state index in [1.54, 1.807) is 0 Å². The predicted octanol–water partition coefficient (Wildman–Crippen LogP) is 2.69. The molecule has 1 saturated heterocycles. The Morgan fingerprint density at radius 3 is 2.48 bits per heavy atom. The Labute approximate surface area is 150 Å². The van der Waals surface area contributed by atoms with Crippen molar-refractivity contribution < 1.29 is 9.59 Å². The van der Waals surface area contributed by atoms with E-state index in [1.165, 1.54) is 18.4 Å².